The molecule has 0 atom stereocenters. The highest BCUT2D eigenvalue weighted by Gasteiger charge is 2.12. The number of benzene rings is 1. The minimum absolute atomic E-state index is 0.121. The Balaban J connectivity index is 1.89. The third-order valence-corrected chi connectivity index (χ3v) is 4.34. The second-order valence-corrected chi connectivity index (χ2v) is 6.42. The van der Waals surface area contributed by atoms with Crippen molar-refractivity contribution < 1.29 is 9.53 Å². The van der Waals surface area contributed by atoms with Gasteiger partial charge >= 0.3 is 0 Å². The average Bonchev–Trinajstić information content (AvgIpc) is 2.94. The Bertz CT molecular complexity index is 829. The summed E-state index contributed by atoms with van der Waals surface area (Å²) in [5.74, 6) is 0.460. The molecule has 5 nitrogen and oxygen atoms in total. The largest absolute Gasteiger partial charge is 0.494 e. The summed E-state index contributed by atoms with van der Waals surface area (Å²) in [5, 5.41) is 12.2. The van der Waals surface area contributed by atoms with Crippen LogP contribution in [-0.2, 0) is 11.3 Å². The van der Waals surface area contributed by atoms with Crippen molar-refractivity contribution in [1.82, 2.24) is 9.88 Å². The van der Waals surface area contributed by atoms with Crippen LogP contribution in [0.3, 0.4) is 0 Å². The van der Waals surface area contributed by atoms with Gasteiger partial charge in [0.2, 0.25) is 0 Å². The normalized spacial score (nSPS) is 11.1. The number of rotatable bonds is 9. The SMILES string of the molecule is CCCn1c(C)cc(C=C(C#N)C(=O)NCCCOc2ccccc2)c1C. The lowest BCUT2D eigenvalue weighted by Gasteiger charge is -2.08. The first-order valence-corrected chi connectivity index (χ1v) is 9.31. The summed E-state index contributed by atoms with van der Waals surface area (Å²) in [6.07, 6.45) is 3.38. The maximum absolute atomic E-state index is 12.3. The fourth-order valence-corrected chi connectivity index (χ4v) is 2.92. The number of hydrogen-bond donors (Lipinski definition) is 1. The van der Waals surface area contributed by atoms with Gasteiger partial charge in [-0.05, 0) is 56.5 Å². The lowest BCUT2D eigenvalue weighted by Crippen LogP contribution is -2.26. The highest BCUT2D eigenvalue weighted by Crippen LogP contribution is 2.18. The van der Waals surface area contributed by atoms with Crippen LogP contribution in [0.15, 0.2) is 42.0 Å². The van der Waals surface area contributed by atoms with Gasteiger partial charge < -0.3 is 14.6 Å². The number of nitrogens with zero attached hydrogens (tertiary/aromatic N) is 2. The number of carbonyl (C=O) groups excluding carboxylic acids is 1. The molecule has 0 aliphatic rings. The first kappa shape index (κ1) is 20.3. The van der Waals surface area contributed by atoms with E-state index in [1.807, 2.05) is 56.3 Å². The molecule has 0 spiro atoms. The van der Waals surface area contributed by atoms with Crippen LogP contribution in [0, 0.1) is 25.2 Å². The summed E-state index contributed by atoms with van der Waals surface area (Å²) in [5.41, 5.74) is 3.25. The predicted octanol–water partition coefficient (Wildman–Crippen LogP) is 4.01. The Morgan fingerprint density at radius 2 is 2.04 bits per heavy atom. The molecule has 0 fully saturated rings. The van der Waals surface area contributed by atoms with Crippen LogP contribution < -0.4 is 10.1 Å². The van der Waals surface area contributed by atoms with Crippen molar-refractivity contribution in [2.75, 3.05) is 13.2 Å². The first-order valence-electron chi connectivity index (χ1n) is 9.31. The van der Waals surface area contributed by atoms with E-state index in [1.165, 1.54) is 0 Å². The Morgan fingerprint density at radius 1 is 1.30 bits per heavy atom. The second kappa shape index (κ2) is 10.2. The molecule has 1 aromatic heterocycles. The third kappa shape index (κ3) is 5.75. The van der Waals surface area contributed by atoms with Crippen LogP contribution >= 0.6 is 0 Å². The van der Waals surface area contributed by atoms with Crippen LogP contribution in [0.4, 0.5) is 0 Å². The Labute approximate surface area is 161 Å². The monoisotopic (exact) mass is 365 g/mol. The first-order chi connectivity index (χ1) is 13.1. The van der Waals surface area contributed by atoms with Crippen molar-refractivity contribution in [1.29, 1.82) is 5.26 Å². The Hall–Kier alpha value is -3.00. The van der Waals surface area contributed by atoms with Crippen molar-refractivity contribution in [3.8, 4) is 11.8 Å². The van der Waals surface area contributed by atoms with Gasteiger partial charge in [0, 0.05) is 24.5 Å². The summed E-state index contributed by atoms with van der Waals surface area (Å²) in [6, 6.07) is 13.6. The maximum atomic E-state index is 12.3. The number of amides is 1. The number of nitrogens with one attached hydrogen (secondary N) is 1. The van der Waals surface area contributed by atoms with E-state index in [-0.39, 0.29) is 11.5 Å². The molecule has 0 radical (unpaired) electrons. The minimum Gasteiger partial charge on any atom is -0.494 e. The van der Waals surface area contributed by atoms with Gasteiger partial charge in [-0.25, -0.2) is 0 Å². The van der Waals surface area contributed by atoms with Gasteiger partial charge in [0.1, 0.15) is 17.4 Å². The molecule has 1 amide bonds. The topological polar surface area (TPSA) is 67.0 Å². The molecule has 0 bridgehead atoms. The molecule has 142 valence electrons. The molecule has 1 aromatic carbocycles. The second-order valence-electron chi connectivity index (χ2n) is 6.42. The van der Waals surface area contributed by atoms with E-state index in [2.05, 4.69) is 16.8 Å². The van der Waals surface area contributed by atoms with Crippen molar-refractivity contribution >= 4 is 12.0 Å². The van der Waals surface area contributed by atoms with E-state index < -0.39 is 0 Å². The number of carbonyl (C=O) groups is 1. The zero-order chi connectivity index (χ0) is 19.6. The molecule has 2 rings (SSSR count). The molecule has 0 aliphatic carbocycles. The maximum Gasteiger partial charge on any atom is 0.261 e. The minimum atomic E-state index is -0.350. The van der Waals surface area contributed by atoms with Gasteiger partial charge in [0.05, 0.1) is 6.61 Å². The van der Waals surface area contributed by atoms with E-state index in [1.54, 1.807) is 6.08 Å². The van der Waals surface area contributed by atoms with Gasteiger partial charge in [-0.15, -0.1) is 0 Å². The average molecular weight is 365 g/mol. The van der Waals surface area contributed by atoms with Crippen molar-refractivity contribution in [3.63, 3.8) is 0 Å². The third-order valence-electron chi connectivity index (χ3n) is 4.34. The Morgan fingerprint density at radius 3 is 2.70 bits per heavy atom. The number of para-hydroxylation sites is 1. The molecule has 1 heterocycles. The van der Waals surface area contributed by atoms with Crippen molar-refractivity contribution in [3.05, 3.63) is 58.9 Å². The summed E-state index contributed by atoms with van der Waals surface area (Å²) in [6.45, 7) is 8.08. The molecular formula is C22H27N3O2. The predicted molar refractivity (Wildman–Crippen MR) is 107 cm³/mol. The smallest absolute Gasteiger partial charge is 0.261 e. The van der Waals surface area contributed by atoms with Gasteiger partial charge in [-0.1, -0.05) is 25.1 Å². The summed E-state index contributed by atoms with van der Waals surface area (Å²) < 4.78 is 7.80. The number of ether oxygens (including phenoxy) is 1. The fraction of sp³-hybridized carbons (Fsp3) is 0.364. The van der Waals surface area contributed by atoms with Crippen LogP contribution in [0.2, 0.25) is 0 Å². The van der Waals surface area contributed by atoms with Crippen LogP contribution in [-0.4, -0.2) is 23.6 Å². The lowest BCUT2D eigenvalue weighted by molar-refractivity contribution is -0.117. The van der Waals surface area contributed by atoms with Crippen LogP contribution in [0.25, 0.3) is 6.08 Å². The molecular weight excluding hydrogens is 338 g/mol. The van der Waals surface area contributed by atoms with Crippen molar-refractivity contribution in [2.45, 2.75) is 40.2 Å². The quantitative estimate of drug-likeness (QED) is 0.415. The van der Waals surface area contributed by atoms with Crippen LogP contribution in [0.1, 0.15) is 36.7 Å². The number of hydrogen-bond acceptors (Lipinski definition) is 3. The molecule has 1 N–H and O–H groups in total. The molecule has 0 saturated heterocycles. The molecule has 0 saturated carbocycles. The van der Waals surface area contributed by atoms with Gasteiger partial charge in [0.15, 0.2) is 0 Å². The van der Waals surface area contributed by atoms with E-state index in [0.29, 0.717) is 19.6 Å². The molecule has 0 unspecified atom stereocenters. The molecule has 2 aromatic rings. The van der Waals surface area contributed by atoms with Crippen LogP contribution in [0.5, 0.6) is 5.75 Å². The lowest BCUT2D eigenvalue weighted by atomic mass is 10.1. The standard InChI is InChI=1S/C22H27N3O2/c1-4-12-25-17(2)14-19(18(25)3)15-20(16-23)22(26)24-11-8-13-27-21-9-6-5-7-10-21/h5-7,9-10,14-15H,4,8,11-13H2,1-3H3,(H,24,26). The Kier molecular flexibility index (Phi) is 7.69. The zero-order valence-corrected chi connectivity index (χ0v) is 16.3. The summed E-state index contributed by atoms with van der Waals surface area (Å²) >= 11 is 0. The highest BCUT2D eigenvalue weighted by atomic mass is 16.5. The van der Waals surface area contributed by atoms with Gasteiger partial charge in [-0.3, -0.25) is 4.79 Å². The number of nitriles is 1. The number of aromatic nitrogens is 1. The summed E-state index contributed by atoms with van der Waals surface area (Å²) in [4.78, 5) is 12.3. The van der Waals surface area contributed by atoms with Gasteiger partial charge in [0.25, 0.3) is 5.91 Å². The van der Waals surface area contributed by atoms with E-state index in [4.69, 9.17) is 4.74 Å². The number of aryl methyl sites for hydroxylation is 1. The van der Waals surface area contributed by atoms with Gasteiger partial charge in [-0.2, -0.15) is 5.26 Å². The van der Waals surface area contributed by atoms with E-state index in [9.17, 15) is 10.1 Å². The van der Waals surface area contributed by atoms with E-state index >= 15 is 0 Å². The van der Waals surface area contributed by atoms with Crippen molar-refractivity contribution in [2.24, 2.45) is 0 Å². The molecule has 27 heavy (non-hydrogen) atoms. The molecule has 5 heteroatoms. The fourth-order valence-electron chi connectivity index (χ4n) is 2.92. The van der Waals surface area contributed by atoms with E-state index in [0.717, 1.165) is 35.7 Å². The summed E-state index contributed by atoms with van der Waals surface area (Å²) in [7, 11) is 0. The zero-order valence-electron chi connectivity index (χ0n) is 16.3. The molecule has 0 aliphatic heterocycles. The highest BCUT2D eigenvalue weighted by molar-refractivity contribution is 6.01.